The Morgan fingerprint density at radius 2 is 1.93 bits per heavy atom. The summed E-state index contributed by atoms with van der Waals surface area (Å²) in [5.41, 5.74) is 2.70. The summed E-state index contributed by atoms with van der Waals surface area (Å²) in [7, 11) is 1.81. The molecule has 0 aliphatic carbocycles. The van der Waals surface area contributed by atoms with Crippen LogP contribution in [0.4, 0.5) is 0 Å². The van der Waals surface area contributed by atoms with Crippen LogP contribution >= 0.6 is 24.0 Å². The summed E-state index contributed by atoms with van der Waals surface area (Å²) in [5, 5.41) is 15.6. The first kappa shape index (κ1) is 21.7. The van der Waals surface area contributed by atoms with Crippen molar-refractivity contribution in [2.75, 3.05) is 13.6 Å². The molecule has 1 aromatic carbocycles. The van der Waals surface area contributed by atoms with E-state index in [9.17, 15) is 0 Å². The summed E-state index contributed by atoms with van der Waals surface area (Å²) >= 11 is 0. The summed E-state index contributed by atoms with van der Waals surface area (Å²) in [6.45, 7) is 4.82. The zero-order valence-electron chi connectivity index (χ0n) is 16.4. The van der Waals surface area contributed by atoms with E-state index in [4.69, 9.17) is 0 Å². The molecule has 0 atom stereocenters. The van der Waals surface area contributed by atoms with E-state index in [0.29, 0.717) is 0 Å². The monoisotopic (exact) mass is 482 g/mol. The van der Waals surface area contributed by atoms with Gasteiger partial charge in [-0.25, -0.2) is 0 Å². The van der Waals surface area contributed by atoms with Gasteiger partial charge in [0.15, 0.2) is 5.96 Å². The molecule has 0 spiro atoms. The molecular formula is C20H31IN6. The number of hydrogen-bond acceptors (Lipinski definition) is 3. The van der Waals surface area contributed by atoms with Gasteiger partial charge in [-0.05, 0) is 30.4 Å². The predicted molar refractivity (Wildman–Crippen MR) is 121 cm³/mol. The van der Waals surface area contributed by atoms with Crippen molar-refractivity contribution in [3.63, 3.8) is 0 Å². The van der Waals surface area contributed by atoms with E-state index in [2.05, 4.69) is 61.6 Å². The first-order chi connectivity index (χ1) is 12.8. The highest BCUT2D eigenvalue weighted by atomic mass is 127. The molecule has 2 aromatic rings. The van der Waals surface area contributed by atoms with E-state index < -0.39 is 0 Å². The van der Waals surface area contributed by atoms with Gasteiger partial charge in [0.1, 0.15) is 11.6 Å². The number of guanidine groups is 1. The maximum atomic E-state index is 4.39. The lowest BCUT2D eigenvalue weighted by Gasteiger charge is -2.14. The Hall–Kier alpha value is -1.64. The summed E-state index contributed by atoms with van der Waals surface area (Å²) < 4.78 is 2.31. The summed E-state index contributed by atoms with van der Waals surface area (Å²) in [5.74, 6) is 3.06. The smallest absolute Gasteiger partial charge is 0.191 e. The second kappa shape index (κ2) is 11.3. The largest absolute Gasteiger partial charge is 0.356 e. The van der Waals surface area contributed by atoms with Crippen LogP contribution < -0.4 is 10.6 Å². The summed E-state index contributed by atoms with van der Waals surface area (Å²) in [6, 6.07) is 8.54. The quantitative estimate of drug-likeness (QED) is 0.378. The van der Waals surface area contributed by atoms with Crippen LogP contribution in [0.15, 0.2) is 29.3 Å². The van der Waals surface area contributed by atoms with Gasteiger partial charge in [-0.1, -0.05) is 37.6 Å². The van der Waals surface area contributed by atoms with Gasteiger partial charge in [0, 0.05) is 39.5 Å². The Bertz CT molecular complexity index is 740. The molecule has 27 heavy (non-hydrogen) atoms. The molecule has 0 saturated heterocycles. The minimum absolute atomic E-state index is 0. The van der Waals surface area contributed by atoms with Gasteiger partial charge in [0.25, 0.3) is 0 Å². The second-order valence-corrected chi connectivity index (χ2v) is 6.72. The third kappa shape index (κ3) is 5.92. The molecule has 6 nitrogen and oxygen atoms in total. The average molecular weight is 482 g/mol. The lowest BCUT2D eigenvalue weighted by Crippen LogP contribution is -2.38. The van der Waals surface area contributed by atoms with Crippen molar-refractivity contribution in [2.45, 2.75) is 58.5 Å². The fourth-order valence-electron chi connectivity index (χ4n) is 3.50. The Kier molecular flexibility index (Phi) is 9.03. The molecule has 1 aliphatic heterocycles. The summed E-state index contributed by atoms with van der Waals surface area (Å²) in [4.78, 5) is 4.33. The van der Waals surface area contributed by atoms with Crippen molar-refractivity contribution in [3.05, 3.63) is 47.0 Å². The number of halogens is 1. The fraction of sp³-hybridized carbons (Fsp3) is 0.550. The van der Waals surface area contributed by atoms with E-state index in [1.807, 2.05) is 7.05 Å². The Labute approximate surface area is 179 Å². The molecule has 0 radical (unpaired) electrons. The highest BCUT2D eigenvalue weighted by molar-refractivity contribution is 14.0. The number of rotatable bonds is 6. The molecular weight excluding hydrogens is 451 g/mol. The number of nitrogens with zero attached hydrogens (tertiary/aromatic N) is 4. The van der Waals surface area contributed by atoms with Crippen molar-refractivity contribution in [3.8, 4) is 0 Å². The van der Waals surface area contributed by atoms with E-state index in [-0.39, 0.29) is 24.0 Å². The van der Waals surface area contributed by atoms with Gasteiger partial charge in [-0.15, -0.1) is 34.2 Å². The van der Waals surface area contributed by atoms with E-state index in [0.717, 1.165) is 56.5 Å². The van der Waals surface area contributed by atoms with Crippen LogP contribution in [0.5, 0.6) is 0 Å². The van der Waals surface area contributed by atoms with E-state index in [1.165, 1.54) is 30.4 Å². The van der Waals surface area contributed by atoms with Crippen LogP contribution in [0.2, 0.25) is 0 Å². The average Bonchev–Trinajstić information content (AvgIpc) is 2.90. The van der Waals surface area contributed by atoms with Crippen LogP contribution in [0.3, 0.4) is 0 Å². The number of nitrogens with one attached hydrogen (secondary N) is 2. The molecule has 1 aromatic heterocycles. The van der Waals surface area contributed by atoms with Crippen molar-refractivity contribution in [1.29, 1.82) is 0 Å². The number of aliphatic imine (C=N–C) groups is 1. The van der Waals surface area contributed by atoms with Crippen LogP contribution in [-0.2, 0) is 32.4 Å². The minimum atomic E-state index is 0. The van der Waals surface area contributed by atoms with Crippen molar-refractivity contribution < 1.29 is 0 Å². The van der Waals surface area contributed by atoms with Gasteiger partial charge in [0.2, 0.25) is 0 Å². The maximum Gasteiger partial charge on any atom is 0.191 e. The third-order valence-corrected chi connectivity index (χ3v) is 5.00. The first-order valence-corrected chi connectivity index (χ1v) is 9.74. The molecule has 2 N–H and O–H groups in total. The molecule has 0 fully saturated rings. The lowest BCUT2D eigenvalue weighted by atomic mass is 10.1. The number of benzene rings is 1. The van der Waals surface area contributed by atoms with Crippen LogP contribution in [0.25, 0.3) is 0 Å². The minimum Gasteiger partial charge on any atom is -0.356 e. The molecule has 1 aliphatic rings. The van der Waals surface area contributed by atoms with Crippen molar-refractivity contribution >= 4 is 29.9 Å². The fourth-order valence-corrected chi connectivity index (χ4v) is 3.50. The van der Waals surface area contributed by atoms with Gasteiger partial charge >= 0.3 is 0 Å². The highest BCUT2D eigenvalue weighted by Crippen LogP contribution is 2.14. The van der Waals surface area contributed by atoms with Crippen LogP contribution in [0, 0.1) is 0 Å². The van der Waals surface area contributed by atoms with E-state index in [1.54, 1.807) is 0 Å². The zero-order chi connectivity index (χ0) is 18.2. The summed E-state index contributed by atoms with van der Waals surface area (Å²) in [6.07, 6.45) is 6.70. The predicted octanol–water partition coefficient (Wildman–Crippen LogP) is 3.09. The lowest BCUT2D eigenvalue weighted by molar-refractivity contribution is 0.600. The maximum absolute atomic E-state index is 4.39. The number of aromatic nitrogens is 3. The Morgan fingerprint density at radius 3 is 2.70 bits per heavy atom. The Morgan fingerprint density at radius 1 is 1.11 bits per heavy atom. The number of aryl methyl sites for hydroxylation is 2. The zero-order valence-corrected chi connectivity index (χ0v) is 18.7. The number of fused-ring (bicyclic) bond motifs is 1. The van der Waals surface area contributed by atoms with Crippen molar-refractivity contribution in [1.82, 2.24) is 25.4 Å². The van der Waals surface area contributed by atoms with E-state index >= 15 is 0 Å². The SMILES string of the molecule is CCc1ccccc1CNC(=NC)NCCc1nnc2n1CCCCC2.I. The molecule has 0 bridgehead atoms. The molecule has 148 valence electrons. The molecule has 0 saturated carbocycles. The highest BCUT2D eigenvalue weighted by Gasteiger charge is 2.14. The molecule has 7 heteroatoms. The van der Waals surface area contributed by atoms with Gasteiger partial charge in [-0.3, -0.25) is 4.99 Å². The van der Waals surface area contributed by atoms with Gasteiger partial charge in [-0.2, -0.15) is 0 Å². The number of hydrogen-bond donors (Lipinski definition) is 2. The molecule has 0 unspecified atom stereocenters. The first-order valence-electron chi connectivity index (χ1n) is 9.74. The third-order valence-electron chi connectivity index (χ3n) is 5.00. The Balaban J connectivity index is 0.00000261. The normalized spacial score (nSPS) is 14.1. The molecule has 2 heterocycles. The molecule has 0 amide bonds. The topological polar surface area (TPSA) is 67.1 Å². The van der Waals surface area contributed by atoms with Crippen molar-refractivity contribution in [2.24, 2.45) is 4.99 Å². The van der Waals surface area contributed by atoms with Gasteiger partial charge in [0.05, 0.1) is 0 Å². The van der Waals surface area contributed by atoms with Crippen LogP contribution in [-0.4, -0.2) is 34.3 Å². The van der Waals surface area contributed by atoms with Gasteiger partial charge < -0.3 is 15.2 Å². The van der Waals surface area contributed by atoms with Crippen LogP contribution in [0.1, 0.15) is 49.0 Å². The standard InChI is InChI=1S/C20H30N6.HI/c1-3-16-9-6-7-10-17(16)15-23-20(21-2)22-13-12-19-25-24-18-11-5-4-8-14-26(18)19;/h6-7,9-10H,3-5,8,11-15H2,1-2H3,(H2,21,22,23);1H. The molecule has 3 rings (SSSR count). The second-order valence-electron chi connectivity index (χ2n) is 6.72.